The maximum atomic E-state index is 12.0. The van der Waals surface area contributed by atoms with Crippen LogP contribution < -0.4 is 4.90 Å². The van der Waals surface area contributed by atoms with Crippen molar-refractivity contribution in [2.75, 3.05) is 11.4 Å². The van der Waals surface area contributed by atoms with E-state index in [0.29, 0.717) is 0 Å². The summed E-state index contributed by atoms with van der Waals surface area (Å²) in [5.41, 5.74) is 3.40. The topological polar surface area (TPSA) is 20.3 Å². The lowest BCUT2D eigenvalue weighted by atomic mass is 10.1. The first-order valence-corrected chi connectivity index (χ1v) is 6.72. The van der Waals surface area contributed by atoms with Gasteiger partial charge in [-0.25, -0.2) is 0 Å². The number of benzene rings is 2. The number of hydrogen-bond acceptors (Lipinski definition) is 1. The van der Waals surface area contributed by atoms with E-state index in [4.69, 9.17) is 0 Å². The molecule has 0 aromatic heterocycles. The van der Waals surface area contributed by atoms with Gasteiger partial charge in [0.05, 0.1) is 0 Å². The molecule has 1 aliphatic rings. The maximum absolute atomic E-state index is 12.0. The van der Waals surface area contributed by atoms with Crippen LogP contribution in [0.4, 0.5) is 5.69 Å². The molecule has 3 rings (SSSR count). The highest BCUT2D eigenvalue weighted by Gasteiger charge is 2.28. The molecule has 0 radical (unpaired) electrons. The Bertz CT molecular complexity index is 574. The molecule has 1 aliphatic heterocycles. The Hall–Kier alpha value is -2.09. The van der Waals surface area contributed by atoms with Gasteiger partial charge >= 0.3 is 0 Å². The van der Waals surface area contributed by atoms with E-state index in [1.807, 2.05) is 42.2 Å². The average Bonchev–Trinajstić information content (AvgIpc) is 2.80. The van der Waals surface area contributed by atoms with Crippen molar-refractivity contribution in [3.63, 3.8) is 0 Å². The van der Waals surface area contributed by atoms with E-state index < -0.39 is 0 Å². The number of amides is 1. The second-order valence-corrected chi connectivity index (χ2v) is 5.09. The van der Waals surface area contributed by atoms with Crippen LogP contribution in [0.1, 0.15) is 13.3 Å². The Morgan fingerprint density at radius 1 is 0.947 bits per heavy atom. The van der Waals surface area contributed by atoms with Gasteiger partial charge in [0.2, 0.25) is 5.91 Å². The third-order valence-corrected chi connectivity index (χ3v) is 3.76. The second kappa shape index (κ2) is 4.88. The van der Waals surface area contributed by atoms with Gasteiger partial charge < -0.3 is 4.90 Å². The van der Waals surface area contributed by atoms with Gasteiger partial charge in [0.1, 0.15) is 0 Å². The second-order valence-electron chi connectivity index (χ2n) is 5.09. The van der Waals surface area contributed by atoms with Crippen molar-refractivity contribution < 1.29 is 4.79 Å². The van der Waals surface area contributed by atoms with Gasteiger partial charge in [-0.05, 0) is 29.7 Å². The van der Waals surface area contributed by atoms with E-state index in [0.717, 1.165) is 18.7 Å². The Morgan fingerprint density at radius 3 is 2.16 bits per heavy atom. The van der Waals surface area contributed by atoms with Gasteiger partial charge in [-0.2, -0.15) is 0 Å². The Morgan fingerprint density at radius 2 is 1.58 bits per heavy atom. The quantitative estimate of drug-likeness (QED) is 0.796. The van der Waals surface area contributed by atoms with Gasteiger partial charge in [0.15, 0.2) is 0 Å². The van der Waals surface area contributed by atoms with Crippen LogP contribution in [0.15, 0.2) is 54.6 Å². The number of rotatable bonds is 2. The van der Waals surface area contributed by atoms with E-state index >= 15 is 0 Å². The van der Waals surface area contributed by atoms with E-state index in [1.165, 1.54) is 11.1 Å². The third kappa shape index (κ3) is 2.26. The lowest BCUT2D eigenvalue weighted by Crippen LogP contribution is -2.25. The summed E-state index contributed by atoms with van der Waals surface area (Å²) >= 11 is 0. The molecule has 2 heteroatoms. The summed E-state index contributed by atoms with van der Waals surface area (Å²) in [7, 11) is 0. The van der Waals surface area contributed by atoms with E-state index in [1.54, 1.807) is 0 Å². The molecule has 0 bridgehead atoms. The molecule has 2 nitrogen and oxygen atoms in total. The minimum Gasteiger partial charge on any atom is -0.312 e. The number of carbonyl (C=O) groups excluding carboxylic acids is 1. The van der Waals surface area contributed by atoms with Gasteiger partial charge in [0, 0.05) is 18.2 Å². The molecule has 0 aliphatic carbocycles. The van der Waals surface area contributed by atoms with E-state index in [-0.39, 0.29) is 11.8 Å². The molecule has 1 unspecified atom stereocenters. The van der Waals surface area contributed by atoms with Crippen molar-refractivity contribution in [1.82, 2.24) is 0 Å². The van der Waals surface area contributed by atoms with Gasteiger partial charge in [-0.3, -0.25) is 4.79 Å². The molecular formula is C17H17NO. The van der Waals surface area contributed by atoms with Crippen LogP contribution in [-0.2, 0) is 4.79 Å². The molecule has 0 saturated carbocycles. The molecule has 19 heavy (non-hydrogen) atoms. The lowest BCUT2D eigenvalue weighted by molar-refractivity contribution is -0.119. The van der Waals surface area contributed by atoms with Crippen LogP contribution in [0.3, 0.4) is 0 Å². The largest absolute Gasteiger partial charge is 0.312 e. The highest BCUT2D eigenvalue weighted by Crippen LogP contribution is 2.27. The number of nitrogens with zero attached hydrogens (tertiary/aromatic N) is 1. The first-order valence-electron chi connectivity index (χ1n) is 6.72. The first kappa shape index (κ1) is 12.0. The molecule has 96 valence electrons. The smallest absolute Gasteiger partial charge is 0.229 e. The van der Waals surface area contributed by atoms with Crippen molar-refractivity contribution in [2.45, 2.75) is 13.3 Å². The minimum atomic E-state index is 0.161. The van der Waals surface area contributed by atoms with Crippen molar-refractivity contribution in [2.24, 2.45) is 5.92 Å². The van der Waals surface area contributed by atoms with Crippen LogP contribution in [-0.4, -0.2) is 12.5 Å². The summed E-state index contributed by atoms with van der Waals surface area (Å²) < 4.78 is 0. The molecule has 1 atom stereocenters. The molecule has 0 N–H and O–H groups in total. The molecule has 1 fully saturated rings. The van der Waals surface area contributed by atoms with E-state index in [2.05, 4.69) is 24.3 Å². The summed E-state index contributed by atoms with van der Waals surface area (Å²) in [6.07, 6.45) is 0.958. The zero-order chi connectivity index (χ0) is 13.2. The molecular weight excluding hydrogens is 234 g/mol. The van der Waals surface area contributed by atoms with Gasteiger partial charge in [0.25, 0.3) is 0 Å². The van der Waals surface area contributed by atoms with Crippen LogP contribution in [0, 0.1) is 5.92 Å². The maximum Gasteiger partial charge on any atom is 0.229 e. The van der Waals surface area contributed by atoms with Crippen LogP contribution in [0.5, 0.6) is 0 Å². The molecule has 2 aromatic carbocycles. The van der Waals surface area contributed by atoms with Crippen LogP contribution in [0.25, 0.3) is 11.1 Å². The summed E-state index contributed by atoms with van der Waals surface area (Å²) in [6, 6.07) is 18.5. The monoisotopic (exact) mass is 251 g/mol. The van der Waals surface area contributed by atoms with Crippen molar-refractivity contribution in [1.29, 1.82) is 0 Å². The summed E-state index contributed by atoms with van der Waals surface area (Å²) in [5, 5.41) is 0. The van der Waals surface area contributed by atoms with Crippen LogP contribution in [0.2, 0.25) is 0 Å². The summed E-state index contributed by atoms with van der Waals surface area (Å²) in [4.78, 5) is 13.9. The molecule has 1 saturated heterocycles. The molecule has 2 aromatic rings. The average molecular weight is 251 g/mol. The highest BCUT2D eigenvalue weighted by molar-refractivity contribution is 5.97. The lowest BCUT2D eigenvalue weighted by Gasteiger charge is -2.16. The zero-order valence-corrected chi connectivity index (χ0v) is 11.0. The number of hydrogen-bond donors (Lipinski definition) is 0. The molecule has 0 spiro atoms. The van der Waals surface area contributed by atoms with Gasteiger partial charge in [-0.15, -0.1) is 0 Å². The van der Waals surface area contributed by atoms with E-state index in [9.17, 15) is 4.79 Å². The SMILES string of the molecule is CC1CCN(c2ccc(-c3ccccc3)cc2)C1=O. The Labute approximate surface area is 113 Å². The Kier molecular flexibility index (Phi) is 3.08. The van der Waals surface area contributed by atoms with Crippen molar-refractivity contribution >= 4 is 11.6 Å². The third-order valence-electron chi connectivity index (χ3n) is 3.76. The van der Waals surface area contributed by atoms with Crippen molar-refractivity contribution in [3.8, 4) is 11.1 Å². The normalized spacial score (nSPS) is 18.9. The minimum absolute atomic E-state index is 0.161. The predicted octanol–water partition coefficient (Wildman–Crippen LogP) is 3.73. The predicted molar refractivity (Wildman–Crippen MR) is 78.0 cm³/mol. The van der Waals surface area contributed by atoms with Gasteiger partial charge in [-0.1, -0.05) is 49.4 Å². The summed E-state index contributed by atoms with van der Waals surface area (Å²) in [5.74, 6) is 0.404. The fourth-order valence-electron chi connectivity index (χ4n) is 2.54. The fourth-order valence-corrected chi connectivity index (χ4v) is 2.54. The fraction of sp³-hybridized carbons (Fsp3) is 0.235. The van der Waals surface area contributed by atoms with Crippen LogP contribution >= 0.6 is 0 Å². The number of anilines is 1. The molecule has 1 heterocycles. The highest BCUT2D eigenvalue weighted by atomic mass is 16.2. The van der Waals surface area contributed by atoms with Crippen molar-refractivity contribution in [3.05, 3.63) is 54.6 Å². The number of carbonyl (C=O) groups is 1. The first-order chi connectivity index (χ1) is 9.25. The Balaban J connectivity index is 1.86. The summed E-state index contributed by atoms with van der Waals surface area (Å²) in [6.45, 7) is 2.84. The molecule has 1 amide bonds. The zero-order valence-electron chi connectivity index (χ0n) is 11.0. The standard InChI is InChI=1S/C17H17NO/c1-13-11-12-18(17(13)19)16-9-7-15(8-10-16)14-5-3-2-4-6-14/h2-10,13H,11-12H2,1H3.